The maximum atomic E-state index is 12.9. The number of carbonyl (C=O) groups is 1. The first kappa shape index (κ1) is 16.2. The summed E-state index contributed by atoms with van der Waals surface area (Å²) in [5.74, 6) is -0.168. The minimum Gasteiger partial charge on any atom is -0.371 e. The van der Waals surface area contributed by atoms with E-state index in [9.17, 15) is 14.9 Å². The summed E-state index contributed by atoms with van der Waals surface area (Å²) in [5, 5.41) is 11.1. The number of non-ortho nitro benzene ring substituents is 1. The Kier molecular flexibility index (Phi) is 4.89. The molecular formula is C19H20N2O3. The average Bonchev–Trinajstić information content (AvgIpc) is 2.90. The summed E-state index contributed by atoms with van der Waals surface area (Å²) in [5.41, 5.74) is 1.72. The zero-order chi connectivity index (χ0) is 16.9. The first-order valence-electron chi connectivity index (χ1n) is 8.30. The van der Waals surface area contributed by atoms with E-state index in [1.54, 1.807) is 30.3 Å². The van der Waals surface area contributed by atoms with Crippen molar-refractivity contribution >= 4 is 17.2 Å². The van der Waals surface area contributed by atoms with Gasteiger partial charge in [0.2, 0.25) is 0 Å². The third-order valence-electron chi connectivity index (χ3n) is 4.42. The van der Waals surface area contributed by atoms with Gasteiger partial charge in [0, 0.05) is 36.5 Å². The Morgan fingerprint density at radius 2 is 1.62 bits per heavy atom. The Hall–Kier alpha value is -2.69. The molecule has 0 amide bonds. The number of rotatable bonds is 4. The fraction of sp³-hybridized carbons (Fsp3) is 0.316. The van der Waals surface area contributed by atoms with Gasteiger partial charge in [0.15, 0.2) is 5.78 Å². The van der Waals surface area contributed by atoms with E-state index in [2.05, 4.69) is 4.90 Å². The summed E-state index contributed by atoms with van der Waals surface area (Å²) in [6.45, 7) is 1.76. The molecule has 5 heteroatoms. The van der Waals surface area contributed by atoms with Gasteiger partial charge in [-0.1, -0.05) is 43.2 Å². The van der Waals surface area contributed by atoms with Crippen molar-refractivity contribution in [3.63, 3.8) is 0 Å². The average molecular weight is 324 g/mol. The van der Waals surface area contributed by atoms with Gasteiger partial charge in [-0.2, -0.15) is 0 Å². The summed E-state index contributed by atoms with van der Waals surface area (Å²) in [7, 11) is 0. The second-order valence-corrected chi connectivity index (χ2v) is 6.05. The van der Waals surface area contributed by atoms with Crippen molar-refractivity contribution in [1.29, 1.82) is 0 Å². The SMILES string of the molecule is O=C(c1ccccc1)c1cc([N+](=O)[O-])ccc1N1CCCCCC1. The maximum Gasteiger partial charge on any atom is 0.270 e. The van der Waals surface area contributed by atoms with Crippen molar-refractivity contribution in [3.8, 4) is 0 Å². The van der Waals surface area contributed by atoms with E-state index >= 15 is 0 Å². The number of nitrogens with zero attached hydrogens (tertiary/aromatic N) is 2. The molecule has 0 atom stereocenters. The molecule has 1 saturated heterocycles. The van der Waals surface area contributed by atoms with Crippen LogP contribution in [0.25, 0.3) is 0 Å². The van der Waals surface area contributed by atoms with Crippen molar-refractivity contribution in [2.24, 2.45) is 0 Å². The molecule has 0 unspecified atom stereocenters. The van der Waals surface area contributed by atoms with Gasteiger partial charge in [0.1, 0.15) is 0 Å². The van der Waals surface area contributed by atoms with Crippen LogP contribution < -0.4 is 4.90 Å². The number of benzene rings is 2. The highest BCUT2D eigenvalue weighted by Gasteiger charge is 2.22. The molecular weight excluding hydrogens is 304 g/mol. The van der Waals surface area contributed by atoms with Crippen LogP contribution in [0.2, 0.25) is 0 Å². The van der Waals surface area contributed by atoms with E-state index < -0.39 is 4.92 Å². The predicted molar refractivity (Wildman–Crippen MR) is 93.7 cm³/mol. The molecule has 0 bridgehead atoms. The van der Waals surface area contributed by atoms with E-state index in [1.165, 1.54) is 25.0 Å². The van der Waals surface area contributed by atoms with Crippen LogP contribution in [-0.4, -0.2) is 23.8 Å². The molecule has 2 aromatic rings. The Balaban J connectivity index is 2.04. The summed E-state index contributed by atoms with van der Waals surface area (Å²) in [4.78, 5) is 25.8. The van der Waals surface area contributed by atoms with Gasteiger partial charge in [0.25, 0.3) is 5.69 Å². The van der Waals surface area contributed by atoms with Crippen molar-refractivity contribution in [1.82, 2.24) is 0 Å². The zero-order valence-electron chi connectivity index (χ0n) is 13.5. The fourth-order valence-electron chi connectivity index (χ4n) is 3.15. The highest BCUT2D eigenvalue weighted by Crippen LogP contribution is 2.29. The first-order chi connectivity index (χ1) is 11.7. The van der Waals surface area contributed by atoms with Crippen LogP contribution in [0.3, 0.4) is 0 Å². The van der Waals surface area contributed by atoms with Crippen LogP contribution >= 0.6 is 0 Å². The largest absolute Gasteiger partial charge is 0.371 e. The fourth-order valence-corrected chi connectivity index (χ4v) is 3.15. The monoisotopic (exact) mass is 324 g/mol. The number of carbonyl (C=O) groups excluding carboxylic acids is 1. The standard InChI is InChI=1S/C19H20N2O3/c22-19(15-8-4-3-5-9-15)17-14-16(21(23)24)10-11-18(17)20-12-6-1-2-7-13-20/h3-5,8-11,14H,1-2,6-7,12-13H2. The molecule has 0 radical (unpaired) electrons. The lowest BCUT2D eigenvalue weighted by Gasteiger charge is -2.25. The number of nitro benzene ring substituents is 1. The summed E-state index contributed by atoms with van der Waals surface area (Å²) >= 11 is 0. The molecule has 1 aliphatic rings. The van der Waals surface area contributed by atoms with Gasteiger partial charge < -0.3 is 4.90 Å². The number of anilines is 1. The Morgan fingerprint density at radius 3 is 2.25 bits per heavy atom. The quantitative estimate of drug-likeness (QED) is 0.480. The number of hydrogen-bond acceptors (Lipinski definition) is 4. The molecule has 1 heterocycles. The van der Waals surface area contributed by atoms with Gasteiger partial charge in [-0.25, -0.2) is 0 Å². The predicted octanol–water partition coefficient (Wildman–Crippen LogP) is 4.21. The van der Waals surface area contributed by atoms with E-state index in [-0.39, 0.29) is 11.5 Å². The molecule has 0 aliphatic carbocycles. The molecule has 0 N–H and O–H groups in total. The molecule has 24 heavy (non-hydrogen) atoms. The van der Waals surface area contributed by atoms with E-state index in [0.29, 0.717) is 11.1 Å². The molecule has 124 valence electrons. The molecule has 1 aliphatic heterocycles. The van der Waals surface area contributed by atoms with Crippen molar-refractivity contribution < 1.29 is 9.72 Å². The van der Waals surface area contributed by atoms with E-state index in [1.807, 2.05) is 6.07 Å². The van der Waals surface area contributed by atoms with Crippen LogP contribution in [0, 0.1) is 10.1 Å². The van der Waals surface area contributed by atoms with Crippen molar-refractivity contribution in [2.75, 3.05) is 18.0 Å². The van der Waals surface area contributed by atoms with Crippen LogP contribution in [0.15, 0.2) is 48.5 Å². The van der Waals surface area contributed by atoms with Gasteiger partial charge in [-0.05, 0) is 18.9 Å². The topological polar surface area (TPSA) is 63.4 Å². The number of nitro groups is 1. The molecule has 5 nitrogen and oxygen atoms in total. The lowest BCUT2D eigenvalue weighted by atomic mass is 10.00. The second kappa shape index (κ2) is 7.25. The van der Waals surface area contributed by atoms with Crippen molar-refractivity contribution in [3.05, 3.63) is 69.8 Å². The van der Waals surface area contributed by atoms with Crippen LogP contribution in [0.5, 0.6) is 0 Å². The number of hydrogen-bond donors (Lipinski definition) is 0. The van der Waals surface area contributed by atoms with E-state index in [0.717, 1.165) is 31.6 Å². The lowest BCUT2D eigenvalue weighted by Crippen LogP contribution is -2.26. The Morgan fingerprint density at radius 1 is 0.958 bits per heavy atom. The summed E-state index contributed by atoms with van der Waals surface area (Å²) < 4.78 is 0. The Labute approximate surface area is 141 Å². The van der Waals surface area contributed by atoms with Crippen molar-refractivity contribution in [2.45, 2.75) is 25.7 Å². The van der Waals surface area contributed by atoms with Gasteiger partial charge in [-0.15, -0.1) is 0 Å². The molecule has 0 saturated carbocycles. The highest BCUT2D eigenvalue weighted by atomic mass is 16.6. The minimum atomic E-state index is -0.450. The maximum absolute atomic E-state index is 12.9. The molecule has 3 rings (SSSR count). The minimum absolute atomic E-state index is 0.0483. The van der Waals surface area contributed by atoms with Gasteiger partial charge >= 0.3 is 0 Å². The molecule has 1 fully saturated rings. The third-order valence-corrected chi connectivity index (χ3v) is 4.42. The normalized spacial score (nSPS) is 14.9. The Bertz CT molecular complexity index is 736. The van der Waals surface area contributed by atoms with Crippen LogP contribution in [-0.2, 0) is 0 Å². The van der Waals surface area contributed by atoms with E-state index in [4.69, 9.17) is 0 Å². The van der Waals surface area contributed by atoms with Crippen LogP contribution in [0.4, 0.5) is 11.4 Å². The lowest BCUT2D eigenvalue weighted by molar-refractivity contribution is -0.384. The second-order valence-electron chi connectivity index (χ2n) is 6.05. The summed E-state index contributed by atoms with van der Waals surface area (Å²) in [6.07, 6.45) is 4.53. The van der Waals surface area contributed by atoms with Gasteiger partial charge in [-0.3, -0.25) is 14.9 Å². The van der Waals surface area contributed by atoms with Gasteiger partial charge in [0.05, 0.1) is 10.5 Å². The zero-order valence-corrected chi connectivity index (χ0v) is 13.5. The first-order valence-corrected chi connectivity index (χ1v) is 8.30. The summed E-state index contributed by atoms with van der Waals surface area (Å²) in [6, 6.07) is 13.6. The molecule has 0 aromatic heterocycles. The highest BCUT2D eigenvalue weighted by molar-refractivity contribution is 6.12. The molecule has 2 aromatic carbocycles. The van der Waals surface area contributed by atoms with Crippen LogP contribution in [0.1, 0.15) is 41.6 Å². The number of ketones is 1. The third kappa shape index (κ3) is 3.45. The molecule has 0 spiro atoms. The smallest absolute Gasteiger partial charge is 0.270 e.